The molecule has 1 aromatic heterocycles. The molecule has 0 atom stereocenters. The number of ketones is 1. The van der Waals surface area contributed by atoms with Crippen LogP contribution in [0, 0.1) is 0 Å². The smallest absolute Gasteiger partial charge is 0.223 e. The highest BCUT2D eigenvalue weighted by molar-refractivity contribution is 6.02. The third-order valence-electron chi connectivity index (χ3n) is 4.94. The largest absolute Gasteiger partial charge is 0.494 e. The van der Waals surface area contributed by atoms with Crippen LogP contribution in [0.5, 0.6) is 5.75 Å². The molecule has 5 heteroatoms. The molecule has 27 heavy (non-hydrogen) atoms. The van der Waals surface area contributed by atoms with Crippen molar-refractivity contribution in [2.24, 2.45) is 0 Å². The lowest BCUT2D eigenvalue weighted by atomic mass is 9.89. The molecule has 1 N–H and O–H groups in total. The molecule has 1 aliphatic rings. The van der Waals surface area contributed by atoms with Crippen molar-refractivity contribution in [1.29, 1.82) is 0 Å². The number of nitrogens with one attached hydrogen (secondary N) is 1. The molecule has 0 spiro atoms. The molecule has 136 valence electrons. The maximum atomic E-state index is 11.7. The molecule has 0 bridgehead atoms. The number of hydrogen-bond acceptors (Lipinski definition) is 5. The van der Waals surface area contributed by atoms with Crippen LogP contribution in [-0.4, -0.2) is 29.9 Å². The average Bonchev–Trinajstić information content (AvgIpc) is 2.73. The van der Waals surface area contributed by atoms with Crippen LogP contribution in [0.15, 0.2) is 48.7 Å². The second-order valence-corrected chi connectivity index (χ2v) is 6.55. The SMILES string of the molecule is CNc1ncc2c(-c3ccccc3)cc(C3=CCC(=O)CC3)c(OC)c2n1. The van der Waals surface area contributed by atoms with Crippen molar-refractivity contribution >= 4 is 28.2 Å². The highest BCUT2D eigenvalue weighted by Gasteiger charge is 2.21. The second kappa shape index (κ2) is 7.19. The van der Waals surface area contributed by atoms with Crippen LogP contribution >= 0.6 is 0 Å². The summed E-state index contributed by atoms with van der Waals surface area (Å²) in [7, 11) is 3.46. The Hall–Kier alpha value is -3.21. The van der Waals surface area contributed by atoms with E-state index in [1.165, 1.54) is 0 Å². The number of nitrogens with zero attached hydrogens (tertiary/aromatic N) is 2. The predicted molar refractivity (Wildman–Crippen MR) is 108 cm³/mol. The molecule has 1 aliphatic carbocycles. The van der Waals surface area contributed by atoms with Gasteiger partial charge in [0, 0.05) is 37.0 Å². The number of rotatable bonds is 4. The summed E-state index contributed by atoms with van der Waals surface area (Å²) in [5.41, 5.74) is 5.06. The van der Waals surface area contributed by atoms with Crippen molar-refractivity contribution in [3.8, 4) is 16.9 Å². The van der Waals surface area contributed by atoms with Gasteiger partial charge in [0.15, 0.2) is 5.75 Å². The van der Waals surface area contributed by atoms with E-state index in [1.54, 1.807) is 14.2 Å². The zero-order valence-corrected chi connectivity index (χ0v) is 15.5. The molecule has 0 fully saturated rings. The summed E-state index contributed by atoms with van der Waals surface area (Å²) < 4.78 is 5.79. The van der Waals surface area contributed by atoms with E-state index in [0.29, 0.717) is 18.8 Å². The molecular formula is C22H21N3O2. The van der Waals surface area contributed by atoms with Gasteiger partial charge < -0.3 is 10.1 Å². The van der Waals surface area contributed by atoms with Crippen molar-refractivity contribution in [3.63, 3.8) is 0 Å². The standard InChI is InChI=1S/C22H21N3O2/c1-23-22-24-13-19-17(14-6-4-3-5-7-14)12-18(21(27-2)20(19)25-22)15-8-10-16(26)11-9-15/h3-8,12-13H,9-11H2,1-2H3,(H,23,24,25). The fourth-order valence-electron chi connectivity index (χ4n) is 3.55. The van der Waals surface area contributed by atoms with Gasteiger partial charge in [-0.2, -0.15) is 0 Å². The average molecular weight is 359 g/mol. The Bertz CT molecular complexity index is 1040. The van der Waals surface area contributed by atoms with Gasteiger partial charge in [-0.1, -0.05) is 36.4 Å². The van der Waals surface area contributed by atoms with E-state index in [9.17, 15) is 4.79 Å². The number of hydrogen-bond donors (Lipinski definition) is 1. The van der Waals surface area contributed by atoms with Crippen molar-refractivity contribution in [1.82, 2.24) is 9.97 Å². The first-order valence-electron chi connectivity index (χ1n) is 9.03. The number of anilines is 1. The minimum Gasteiger partial charge on any atom is -0.494 e. The number of ether oxygens (including phenoxy) is 1. The van der Waals surface area contributed by atoms with Crippen LogP contribution in [0.1, 0.15) is 24.8 Å². The van der Waals surface area contributed by atoms with Gasteiger partial charge in [0.05, 0.1) is 7.11 Å². The first kappa shape index (κ1) is 17.2. The second-order valence-electron chi connectivity index (χ2n) is 6.55. The van der Waals surface area contributed by atoms with Crippen molar-refractivity contribution < 1.29 is 9.53 Å². The highest BCUT2D eigenvalue weighted by Crippen LogP contribution is 2.41. The van der Waals surface area contributed by atoms with Crippen molar-refractivity contribution in [3.05, 3.63) is 54.2 Å². The van der Waals surface area contributed by atoms with Crippen LogP contribution in [0.4, 0.5) is 5.95 Å². The van der Waals surface area contributed by atoms with Crippen LogP contribution in [-0.2, 0) is 4.79 Å². The van der Waals surface area contributed by atoms with E-state index in [0.717, 1.165) is 45.3 Å². The number of allylic oxidation sites excluding steroid dienone is 2. The fraction of sp³-hybridized carbons (Fsp3) is 0.227. The first-order valence-corrected chi connectivity index (χ1v) is 9.03. The summed E-state index contributed by atoms with van der Waals surface area (Å²) >= 11 is 0. The zero-order valence-electron chi connectivity index (χ0n) is 15.5. The summed E-state index contributed by atoms with van der Waals surface area (Å²) in [6.45, 7) is 0. The Morgan fingerprint density at radius 1 is 1.11 bits per heavy atom. The molecule has 3 aromatic rings. The van der Waals surface area contributed by atoms with Crippen LogP contribution < -0.4 is 10.1 Å². The minimum absolute atomic E-state index is 0.279. The molecule has 1 heterocycles. The summed E-state index contributed by atoms with van der Waals surface area (Å²) in [4.78, 5) is 20.8. The topological polar surface area (TPSA) is 64.1 Å². The van der Waals surface area contributed by atoms with E-state index in [2.05, 4.69) is 33.5 Å². The molecule has 0 saturated heterocycles. The van der Waals surface area contributed by atoms with Gasteiger partial charge in [-0.3, -0.25) is 4.79 Å². The maximum Gasteiger partial charge on any atom is 0.223 e. The summed E-state index contributed by atoms with van der Waals surface area (Å²) in [6, 6.07) is 12.3. The molecule has 0 aliphatic heterocycles. The number of carbonyl (C=O) groups excluding carboxylic acids is 1. The van der Waals surface area contributed by atoms with Gasteiger partial charge in [0.1, 0.15) is 11.3 Å². The van der Waals surface area contributed by atoms with Gasteiger partial charge in [-0.05, 0) is 29.2 Å². The molecular weight excluding hydrogens is 338 g/mol. The number of fused-ring (bicyclic) bond motifs is 1. The summed E-state index contributed by atoms with van der Waals surface area (Å²) in [5.74, 6) is 1.55. The molecule has 4 rings (SSSR count). The van der Waals surface area contributed by atoms with Crippen LogP contribution in [0.25, 0.3) is 27.6 Å². The van der Waals surface area contributed by atoms with Gasteiger partial charge in [0.25, 0.3) is 0 Å². The van der Waals surface area contributed by atoms with E-state index in [1.807, 2.05) is 30.5 Å². The number of aromatic nitrogens is 2. The van der Waals surface area contributed by atoms with E-state index in [-0.39, 0.29) is 5.78 Å². The third kappa shape index (κ3) is 3.16. The van der Waals surface area contributed by atoms with Crippen LogP contribution in [0.2, 0.25) is 0 Å². The predicted octanol–water partition coefficient (Wildman–Crippen LogP) is 4.48. The highest BCUT2D eigenvalue weighted by atomic mass is 16.5. The van der Waals surface area contributed by atoms with E-state index >= 15 is 0 Å². The monoisotopic (exact) mass is 359 g/mol. The normalized spacial score (nSPS) is 14.1. The number of carbonyl (C=O) groups is 1. The van der Waals surface area contributed by atoms with E-state index < -0.39 is 0 Å². The fourth-order valence-corrected chi connectivity index (χ4v) is 3.55. The first-order chi connectivity index (χ1) is 13.2. The number of Topliss-reactive ketones (excluding diaryl/α,β-unsaturated/α-hetero) is 1. The quantitative estimate of drug-likeness (QED) is 0.744. The Balaban J connectivity index is 2.03. The van der Waals surface area contributed by atoms with Gasteiger partial charge in [-0.15, -0.1) is 0 Å². The summed E-state index contributed by atoms with van der Waals surface area (Å²) in [5, 5.41) is 3.94. The Labute approximate surface area is 158 Å². The summed E-state index contributed by atoms with van der Waals surface area (Å²) in [6.07, 6.45) is 5.62. The van der Waals surface area contributed by atoms with E-state index in [4.69, 9.17) is 4.74 Å². The number of benzene rings is 2. The Morgan fingerprint density at radius 3 is 2.59 bits per heavy atom. The molecule has 0 amide bonds. The zero-order chi connectivity index (χ0) is 18.8. The third-order valence-corrected chi connectivity index (χ3v) is 4.94. The van der Waals surface area contributed by atoms with Crippen molar-refractivity contribution in [2.45, 2.75) is 19.3 Å². The molecule has 0 radical (unpaired) electrons. The lowest BCUT2D eigenvalue weighted by Gasteiger charge is -2.19. The number of methoxy groups -OCH3 is 1. The van der Waals surface area contributed by atoms with Gasteiger partial charge >= 0.3 is 0 Å². The maximum absolute atomic E-state index is 11.7. The molecule has 2 aromatic carbocycles. The lowest BCUT2D eigenvalue weighted by molar-refractivity contribution is -0.118. The van der Waals surface area contributed by atoms with Crippen LogP contribution in [0.3, 0.4) is 0 Å². The Morgan fingerprint density at radius 2 is 1.93 bits per heavy atom. The van der Waals surface area contributed by atoms with Gasteiger partial charge in [-0.25, -0.2) is 9.97 Å². The molecule has 0 saturated carbocycles. The minimum atomic E-state index is 0.279. The van der Waals surface area contributed by atoms with Gasteiger partial charge in [0.2, 0.25) is 5.95 Å². The molecule has 0 unspecified atom stereocenters. The van der Waals surface area contributed by atoms with Crippen molar-refractivity contribution in [2.75, 3.05) is 19.5 Å². The lowest BCUT2D eigenvalue weighted by Crippen LogP contribution is -2.05. The Kier molecular flexibility index (Phi) is 4.59. The molecule has 5 nitrogen and oxygen atoms in total.